The van der Waals surface area contributed by atoms with Crippen molar-refractivity contribution in [1.29, 1.82) is 0 Å². The molecule has 7 heteroatoms. The number of hydrogen-bond acceptors (Lipinski definition) is 5. The number of anilines is 1. The molecule has 0 spiro atoms. The number of nitrogens with one attached hydrogen (secondary N) is 2. The van der Waals surface area contributed by atoms with E-state index in [1.165, 1.54) is 6.42 Å². The average Bonchev–Trinajstić information content (AvgIpc) is 2.66. The highest BCUT2D eigenvalue weighted by atomic mass is 16.5. The minimum atomic E-state index is -0.329. The molecular weight excluding hydrogens is 344 g/mol. The maximum absolute atomic E-state index is 12.4. The molecule has 2 N–H and O–H groups in total. The fourth-order valence-electron chi connectivity index (χ4n) is 3.91. The lowest BCUT2D eigenvalue weighted by Gasteiger charge is -2.36. The molecule has 3 rings (SSSR count). The van der Waals surface area contributed by atoms with Crippen LogP contribution >= 0.6 is 0 Å². The Morgan fingerprint density at radius 2 is 1.89 bits per heavy atom. The summed E-state index contributed by atoms with van der Waals surface area (Å²) in [7, 11) is 0. The monoisotopic (exact) mass is 374 g/mol. The van der Waals surface area contributed by atoms with Crippen molar-refractivity contribution < 1.29 is 14.3 Å². The van der Waals surface area contributed by atoms with Crippen molar-refractivity contribution in [3.05, 3.63) is 24.0 Å². The van der Waals surface area contributed by atoms with Crippen LogP contribution in [-0.4, -0.2) is 54.7 Å². The summed E-state index contributed by atoms with van der Waals surface area (Å²) in [5.41, 5.74) is 1.27. The summed E-state index contributed by atoms with van der Waals surface area (Å²) in [6.45, 7) is 5.62. The van der Waals surface area contributed by atoms with Crippen LogP contribution in [0.5, 0.6) is 0 Å². The van der Waals surface area contributed by atoms with Gasteiger partial charge in [-0.1, -0.05) is 19.3 Å². The lowest BCUT2D eigenvalue weighted by atomic mass is 9.95. The number of rotatable bonds is 5. The number of carbonyl (C=O) groups is 2. The van der Waals surface area contributed by atoms with Gasteiger partial charge in [0, 0.05) is 31.0 Å². The Kier molecular flexibility index (Phi) is 6.66. The lowest BCUT2D eigenvalue weighted by molar-refractivity contribution is -0.121. The van der Waals surface area contributed by atoms with Crippen molar-refractivity contribution >= 4 is 17.5 Å². The number of aromatic nitrogens is 1. The fraction of sp³-hybridized carbons (Fsp3) is 0.650. The van der Waals surface area contributed by atoms with Crippen molar-refractivity contribution in [3.8, 4) is 0 Å². The van der Waals surface area contributed by atoms with E-state index in [-0.39, 0.29) is 36.6 Å². The maximum Gasteiger partial charge on any atom is 0.270 e. The predicted octanol–water partition coefficient (Wildman–Crippen LogP) is 1.87. The zero-order chi connectivity index (χ0) is 19.2. The first-order valence-corrected chi connectivity index (χ1v) is 9.95. The first kappa shape index (κ1) is 19.6. The van der Waals surface area contributed by atoms with E-state index in [1.54, 1.807) is 12.3 Å². The minimum Gasteiger partial charge on any atom is -0.372 e. The van der Waals surface area contributed by atoms with Gasteiger partial charge in [0.1, 0.15) is 5.69 Å². The van der Waals surface area contributed by atoms with E-state index in [9.17, 15) is 9.59 Å². The highest BCUT2D eigenvalue weighted by Gasteiger charge is 2.23. The molecule has 2 aliphatic rings. The van der Waals surface area contributed by atoms with E-state index in [4.69, 9.17) is 4.74 Å². The van der Waals surface area contributed by atoms with Crippen LogP contribution in [0.3, 0.4) is 0 Å². The summed E-state index contributed by atoms with van der Waals surface area (Å²) in [5, 5.41) is 5.68. The summed E-state index contributed by atoms with van der Waals surface area (Å²) in [5.74, 6) is -0.466. The number of amides is 2. The Bertz CT molecular complexity index is 650. The van der Waals surface area contributed by atoms with E-state index in [0.29, 0.717) is 5.69 Å². The van der Waals surface area contributed by atoms with Crippen LogP contribution in [-0.2, 0) is 9.53 Å². The Morgan fingerprint density at radius 1 is 1.19 bits per heavy atom. The molecule has 1 aliphatic heterocycles. The molecule has 0 bridgehead atoms. The van der Waals surface area contributed by atoms with Gasteiger partial charge in [0.2, 0.25) is 5.91 Å². The number of ether oxygens (including phenoxy) is 1. The summed E-state index contributed by atoms with van der Waals surface area (Å²) in [6.07, 6.45) is 7.53. The molecule has 0 aromatic carbocycles. The van der Waals surface area contributed by atoms with Gasteiger partial charge in [0.15, 0.2) is 0 Å². The molecule has 2 atom stereocenters. The van der Waals surface area contributed by atoms with Crippen LogP contribution in [0.4, 0.5) is 5.69 Å². The van der Waals surface area contributed by atoms with Crippen LogP contribution in [0.2, 0.25) is 0 Å². The van der Waals surface area contributed by atoms with Crippen LogP contribution in [0.1, 0.15) is 56.4 Å². The van der Waals surface area contributed by atoms with Crippen molar-refractivity contribution in [3.63, 3.8) is 0 Å². The highest BCUT2D eigenvalue weighted by Crippen LogP contribution is 2.20. The highest BCUT2D eigenvalue weighted by molar-refractivity contribution is 5.95. The van der Waals surface area contributed by atoms with Crippen LogP contribution < -0.4 is 15.5 Å². The second-order valence-corrected chi connectivity index (χ2v) is 7.65. The normalized spacial score (nSPS) is 23.7. The number of pyridine rings is 1. The van der Waals surface area contributed by atoms with Gasteiger partial charge in [0.25, 0.3) is 5.91 Å². The molecule has 0 radical (unpaired) electrons. The Balaban J connectivity index is 1.53. The van der Waals surface area contributed by atoms with Crippen molar-refractivity contribution in [2.24, 2.45) is 0 Å². The molecule has 7 nitrogen and oxygen atoms in total. The predicted molar refractivity (Wildman–Crippen MR) is 104 cm³/mol. The quantitative estimate of drug-likeness (QED) is 0.822. The van der Waals surface area contributed by atoms with E-state index < -0.39 is 0 Å². The van der Waals surface area contributed by atoms with Crippen LogP contribution in [0.15, 0.2) is 18.3 Å². The minimum absolute atomic E-state index is 0.0210. The van der Waals surface area contributed by atoms with Crippen LogP contribution in [0, 0.1) is 0 Å². The molecule has 27 heavy (non-hydrogen) atoms. The Morgan fingerprint density at radius 3 is 2.59 bits per heavy atom. The second-order valence-electron chi connectivity index (χ2n) is 7.65. The Labute approximate surface area is 160 Å². The van der Waals surface area contributed by atoms with Gasteiger partial charge in [-0.3, -0.25) is 14.6 Å². The summed E-state index contributed by atoms with van der Waals surface area (Å²) in [4.78, 5) is 30.8. The third-order valence-electron chi connectivity index (χ3n) is 5.14. The van der Waals surface area contributed by atoms with Gasteiger partial charge >= 0.3 is 0 Å². The first-order chi connectivity index (χ1) is 13.0. The summed E-state index contributed by atoms with van der Waals surface area (Å²) in [6, 6.07) is 3.92. The molecule has 148 valence electrons. The molecule has 0 unspecified atom stereocenters. The second kappa shape index (κ2) is 9.17. The third kappa shape index (κ3) is 5.66. The van der Waals surface area contributed by atoms with Gasteiger partial charge < -0.3 is 20.3 Å². The largest absolute Gasteiger partial charge is 0.372 e. The van der Waals surface area contributed by atoms with E-state index in [0.717, 1.165) is 44.5 Å². The van der Waals surface area contributed by atoms with E-state index >= 15 is 0 Å². The smallest absolute Gasteiger partial charge is 0.270 e. The van der Waals surface area contributed by atoms with Crippen LogP contribution in [0.25, 0.3) is 0 Å². The molecule has 1 aromatic rings. The number of hydrogen-bond donors (Lipinski definition) is 2. The van der Waals surface area contributed by atoms with Gasteiger partial charge in [-0.2, -0.15) is 0 Å². The molecule has 1 aromatic heterocycles. The van der Waals surface area contributed by atoms with Gasteiger partial charge in [-0.15, -0.1) is 0 Å². The molecule has 2 heterocycles. The first-order valence-electron chi connectivity index (χ1n) is 9.95. The molecule has 1 saturated heterocycles. The Hall–Kier alpha value is -2.15. The zero-order valence-corrected chi connectivity index (χ0v) is 16.2. The summed E-state index contributed by atoms with van der Waals surface area (Å²) < 4.78 is 5.76. The molecule has 2 amide bonds. The maximum atomic E-state index is 12.4. The van der Waals surface area contributed by atoms with E-state index in [1.807, 2.05) is 19.9 Å². The SMILES string of the molecule is C[C@H]1CN(c2ccnc(C(=O)NCC(=O)NC3CCCCC3)c2)C[C@H](C)O1. The van der Waals surface area contributed by atoms with Crippen molar-refractivity contribution in [2.45, 2.75) is 64.2 Å². The van der Waals surface area contributed by atoms with Crippen molar-refractivity contribution in [2.75, 3.05) is 24.5 Å². The molecule has 2 fully saturated rings. The molecular formula is C20H30N4O3. The van der Waals surface area contributed by atoms with E-state index in [2.05, 4.69) is 20.5 Å². The lowest BCUT2D eigenvalue weighted by Crippen LogP contribution is -2.45. The van der Waals surface area contributed by atoms with Gasteiger partial charge in [0.05, 0.1) is 18.8 Å². The zero-order valence-electron chi connectivity index (χ0n) is 16.2. The average molecular weight is 374 g/mol. The van der Waals surface area contributed by atoms with Crippen molar-refractivity contribution in [1.82, 2.24) is 15.6 Å². The van der Waals surface area contributed by atoms with Gasteiger partial charge in [-0.25, -0.2) is 0 Å². The van der Waals surface area contributed by atoms with Gasteiger partial charge in [-0.05, 0) is 38.8 Å². The standard InChI is InChI=1S/C20H30N4O3/c1-14-12-24(13-15(2)27-14)17-8-9-21-18(10-17)20(26)22-11-19(25)23-16-6-4-3-5-7-16/h8-10,14-16H,3-7,11-13H2,1-2H3,(H,22,26)(H,23,25)/t14-,15-/m0/s1. The molecule has 1 saturated carbocycles. The number of nitrogens with zero attached hydrogens (tertiary/aromatic N) is 2. The fourth-order valence-corrected chi connectivity index (χ4v) is 3.91. The molecule has 1 aliphatic carbocycles. The number of morpholine rings is 1. The summed E-state index contributed by atoms with van der Waals surface area (Å²) >= 11 is 0. The topological polar surface area (TPSA) is 83.6 Å². The third-order valence-corrected chi connectivity index (χ3v) is 5.14. The number of carbonyl (C=O) groups excluding carboxylic acids is 2.